The summed E-state index contributed by atoms with van der Waals surface area (Å²) >= 11 is 3.37. The predicted molar refractivity (Wildman–Crippen MR) is 87.1 cm³/mol. The zero-order chi connectivity index (χ0) is 16.1. The Morgan fingerprint density at radius 2 is 1.86 bits per heavy atom. The molecule has 0 N–H and O–H groups in total. The number of esters is 1. The molecule has 0 saturated heterocycles. The average molecular weight is 363 g/mol. The molecular formula is C17H15BrO4. The third-order valence-corrected chi connectivity index (χ3v) is 3.45. The van der Waals surface area contributed by atoms with Crippen LogP contribution in [0.5, 0.6) is 0 Å². The van der Waals surface area contributed by atoms with Gasteiger partial charge < -0.3 is 9.15 Å². The summed E-state index contributed by atoms with van der Waals surface area (Å²) in [5.41, 5.74) is 0.877. The van der Waals surface area contributed by atoms with Crippen molar-refractivity contribution in [3.05, 3.63) is 52.2 Å². The summed E-state index contributed by atoms with van der Waals surface area (Å²) in [7, 11) is 0. The molecule has 0 unspecified atom stereocenters. The summed E-state index contributed by atoms with van der Waals surface area (Å²) in [6.07, 6.45) is 1.41. The van der Waals surface area contributed by atoms with E-state index in [0.29, 0.717) is 11.5 Å². The first-order chi connectivity index (χ1) is 10.5. The average Bonchev–Trinajstić information content (AvgIpc) is 2.94. The molecule has 4 nitrogen and oxygen atoms in total. The van der Waals surface area contributed by atoms with Crippen LogP contribution in [0.25, 0.3) is 17.4 Å². The van der Waals surface area contributed by atoms with E-state index in [-0.39, 0.29) is 18.0 Å². The van der Waals surface area contributed by atoms with Crippen molar-refractivity contribution in [1.82, 2.24) is 0 Å². The van der Waals surface area contributed by atoms with Gasteiger partial charge in [0.25, 0.3) is 0 Å². The van der Waals surface area contributed by atoms with Gasteiger partial charge in [0, 0.05) is 10.0 Å². The first-order valence-corrected chi connectivity index (χ1v) is 7.56. The van der Waals surface area contributed by atoms with Crippen molar-refractivity contribution in [2.75, 3.05) is 6.61 Å². The minimum Gasteiger partial charge on any atom is -0.462 e. The van der Waals surface area contributed by atoms with Crippen LogP contribution in [-0.2, 0) is 14.3 Å². The summed E-state index contributed by atoms with van der Waals surface area (Å²) in [5, 5.41) is 0. The maximum atomic E-state index is 11.7. The number of rotatable bonds is 5. The maximum Gasteiger partial charge on any atom is 0.341 e. The molecule has 2 rings (SSSR count). The van der Waals surface area contributed by atoms with Crippen LogP contribution in [0.2, 0.25) is 0 Å². The van der Waals surface area contributed by atoms with Crippen molar-refractivity contribution in [3.8, 4) is 11.3 Å². The van der Waals surface area contributed by atoms with E-state index in [1.807, 2.05) is 24.3 Å². The van der Waals surface area contributed by atoms with Crippen LogP contribution in [0, 0.1) is 0 Å². The first-order valence-electron chi connectivity index (χ1n) is 6.76. The van der Waals surface area contributed by atoms with Gasteiger partial charge in [-0.1, -0.05) is 28.1 Å². The molecule has 0 spiro atoms. The van der Waals surface area contributed by atoms with Crippen LogP contribution in [0.1, 0.15) is 19.6 Å². The van der Waals surface area contributed by atoms with E-state index in [1.54, 1.807) is 19.1 Å². The number of furan rings is 1. The van der Waals surface area contributed by atoms with Gasteiger partial charge in [0.1, 0.15) is 17.1 Å². The van der Waals surface area contributed by atoms with E-state index in [9.17, 15) is 9.59 Å². The molecule has 0 radical (unpaired) electrons. The summed E-state index contributed by atoms with van der Waals surface area (Å²) in [5.74, 6) is 0.0818. The van der Waals surface area contributed by atoms with Gasteiger partial charge in [-0.25, -0.2) is 4.79 Å². The quantitative estimate of drug-likeness (QED) is 0.345. The fourth-order valence-electron chi connectivity index (χ4n) is 1.86. The smallest absolute Gasteiger partial charge is 0.341 e. The van der Waals surface area contributed by atoms with Gasteiger partial charge in [0.05, 0.1) is 6.61 Å². The van der Waals surface area contributed by atoms with Gasteiger partial charge in [0.2, 0.25) is 0 Å². The Balaban J connectivity index is 2.29. The van der Waals surface area contributed by atoms with Gasteiger partial charge in [-0.15, -0.1) is 0 Å². The number of carbonyl (C=O) groups excluding carboxylic acids is 2. The molecule has 0 fully saturated rings. The molecule has 0 saturated carbocycles. The van der Waals surface area contributed by atoms with E-state index in [4.69, 9.17) is 9.15 Å². The van der Waals surface area contributed by atoms with Crippen molar-refractivity contribution in [3.63, 3.8) is 0 Å². The SMILES string of the molecule is CCOC(=O)/C(=C\c1ccc(-c2ccc(Br)cc2)o1)C(C)=O. The molecule has 5 heteroatoms. The Labute approximate surface area is 136 Å². The molecule has 0 atom stereocenters. The topological polar surface area (TPSA) is 56.5 Å². The normalized spacial score (nSPS) is 11.3. The Morgan fingerprint density at radius 1 is 1.18 bits per heavy atom. The van der Waals surface area contributed by atoms with Crippen LogP contribution in [-0.4, -0.2) is 18.4 Å². The molecule has 0 amide bonds. The van der Waals surface area contributed by atoms with Crippen LogP contribution in [0.15, 0.2) is 50.9 Å². The fraction of sp³-hybridized carbons (Fsp3) is 0.176. The highest BCUT2D eigenvalue weighted by atomic mass is 79.9. The van der Waals surface area contributed by atoms with Crippen LogP contribution < -0.4 is 0 Å². The van der Waals surface area contributed by atoms with E-state index >= 15 is 0 Å². The highest BCUT2D eigenvalue weighted by Gasteiger charge is 2.16. The lowest BCUT2D eigenvalue weighted by Gasteiger charge is -2.02. The molecule has 0 aliphatic rings. The van der Waals surface area contributed by atoms with Gasteiger partial charge >= 0.3 is 5.97 Å². The second kappa shape index (κ2) is 7.22. The second-order valence-corrected chi connectivity index (χ2v) is 5.46. The molecule has 2 aromatic rings. The van der Waals surface area contributed by atoms with E-state index in [1.165, 1.54) is 13.0 Å². The summed E-state index contributed by atoms with van der Waals surface area (Å²) in [6, 6.07) is 11.1. The lowest BCUT2D eigenvalue weighted by Crippen LogP contribution is -2.13. The number of carbonyl (C=O) groups is 2. The minimum atomic E-state index is -0.642. The molecule has 22 heavy (non-hydrogen) atoms. The summed E-state index contributed by atoms with van der Waals surface area (Å²) < 4.78 is 11.5. The monoisotopic (exact) mass is 362 g/mol. The van der Waals surface area contributed by atoms with Gasteiger partial charge in [0.15, 0.2) is 5.78 Å². The molecular weight excluding hydrogens is 348 g/mol. The summed E-state index contributed by atoms with van der Waals surface area (Å²) in [4.78, 5) is 23.3. The predicted octanol–water partition coefficient (Wildman–Crippen LogP) is 4.24. The lowest BCUT2D eigenvalue weighted by atomic mass is 10.1. The highest BCUT2D eigenvalue weighted by molar-refractivity contribution is 9.10. The lowest BCUT2D eigenvalue weighted by molar-refractivity contribution is -0.139. The maximum absolute atomic E-state index is 11.7. The molecule has 0 aliphatic carbocycles. The van der Waals surface area contributed by atoms with Crippen LogP contribution in [0.4, 0.5) is 0 Å². The van der Waals surface area contributed by atoms with Crippen molar-refractivity contribution in [2.45, 2.75) is 13.8 Å². The van der Waals surface area contributed by atoms with Crippen LogP contribution in [0.3, 0.4) is 0 Å². The second-order valence-electron chi connectivity index (χ2n) is 4.54. The van der Waals surface area contributed by atoms with E-state index < -0.39 is 5.97 Å². The Bertz CT molecular complexity index is 711. The number of ether oxygens (including phenoxy) is 1. The van der Waals surface area contributed by atoms with Crippen molar-refractivity contribution in [2.24, 2.45) is 0 Å². The van der Waals surface area contributed by atoms with Crippen molar-refractivity contribution >= 4 is 33.8 Å². The Kier molecular flexibility index (Phi) is 5.33. The number of hydrogen-bond donors (Lipinski definition) is 0. The summed E-state index contributed by atoms with van der Waals surface area (Å²) in [6.45, 7) is 3.22. The zero-order valence-corrected chi connectivity index (χ0v) is 13.8. The molecule has 1 aromatic carbocycles. The molecule has 0 aliphatic heterocycles. The van der Waals surface area contributed by atoms with Crippen LogP contribution >= 0.6 is 15.9 Å². The van der Waals surface area contributed by atoms with E-state index in [2.05, 4.69) is 15.9 Å². The number of hydrogen-bond acceptors (Lipinski definition) is 4. The molecule has 114 valence electrons. The Hall–Kier alpha value is -2.14. The molecule has 1 heterocycles. The number of benzene rings is 1. The highest BCUT2D eigenvalue weighted by Crippen LogP contribution is 2.25. The number of ketones is 1. The standard InChI is InChI=1S/C17H15BrO4/c1-3-21-17(20)15(11(2)19)10-14-8-9-16(22-14)12-4-6-13(18)7-5-12/h4-10H,3H2,1-2H3/b15-10-. The minimum absolute atomic E-state index is 0.0291. The van der Waals surface area contributed by atoms with Crippen molar-refractivity contribution in [1.29, 1.82) is 0 Å². The van der Waals surface area contributed by atoms with Gasteiger partial charge in [-0.2, -0.15) is 0 Å². The third-order valence-electron chi connectivity index (χ3n) is 2.92. The van der Waals surface area contributed by atoms with Gasteiger partial charge in [-0.3, -0.25) is 4.79 Å². The molecule has 1 aromatic heterocycles. The number of halogens is 1. The number of Topliss-reactive ketones (excluding diaryl/α,β-unsaturated/α-hetero) is 1. The molecule has 0 bridgehead atoms. The fourth-order valence-corrected chi connectivity index (χ4v) is 2.12. The van der Waals surface area contributed by atoms with E-state index in [0.717, 1.165) is 10.0 Å². The van der Waals surface area contributed by atoms with Gasteiger partial charge in [-0.05, 0) is 44.2 Å². The first kappa shape index (κ1) is 16.2. The zero-order valence-electron chi connectivity index (χ0n) is 12.3. The third kappa shape index (κ3) is 3.95. The van der Waals surface area contributed by atoms with Crippen molar-refractivity contribution < 1.29 is 18.7 Å². The largest absolute Gasteiger partial charge is 0.462 e. The Morgan fingerprint density at radius 3 is 2.45 bits per heavy atom.